The van der Waals surface area contributed by atoms with Crippen LogP contribution in [0.5, 0.6) is 0 Å². The van der Waals surface area contributed by atoms with Crippen molar-refractivity contribution in [3.05, 3.63) is 73.4 Å². The molecule has 0 aliphatic heterocycles. The maximum Gasteiger partial charge on any atom is 0.0976 e. The van der Waals surface area contributed by atoms with Gasteiger partial charge in [-0.3, -0.25) is 0 Å². The molecule has 0 bridgehead atoms. The maximum absolute atomic E-state index is 4.73. The second-order valence-corrected chi connectivity index (χ2v) is 7.21. The first kappa shape index (κ1) is 14.0. The summed E-state index contributed by atoms with van der Waals surface area (Å²) in [5.41, 5.74) is 3.48. The third kappa shape index (κ3) is 3.37. The Morgan fingerprint density at radius 1 is 0.950 bits per heavy atom. The average molecular weight is 409 g/mol. The summed E-state index contributed by atoms with van der Waals surface area (Å²) in [4.78, 5) is 4.73. The number of rotatable bonds is 3. The van der Waals surface area contributed by atoms with E-state index in [1.54, 1.807) is 11.3 Å². The van der Waals surface area contributed by atoms with Crippen LogP contribution in [-0.2, 0) is 6.42 Å². The molecular formula is C16H11Br2NS. The van der Waals surface area contributed by atoms with Crippen molar-refractivity contribution in [2.45, 2.75) is 6.42 Å². The number of halogens is 2. The van der Waals surface area contributed by atoms with Gasteiger partial charge in [-0.25, -0.2) is 4.98 Å². The Hall–Kier alpha value is -0.970. The summed E-state index contributed by atoms with van der Waals surface area (Å²) in [5.74, 6) is 0. The summed E-state index contributed by atoms with van der Waals surface area (Å²) in [6.45, 7) is 0. The van der Waals surface area contributed by atoms with Gasteiger partial charge in [0.05, 0.1) is 10.7 Å². The summed E-state index contributed by atoms with van der Waals surface area (Å²) in [7, 11) is 0. The molecular weight excluding hydrogens is 398 g/mol. The van der Waals surface area contributed by atoms with Crippen LogP contribution in [0, 0.1) is 0 Å². The number of thiazole rings is 1. The van der Waals surface area contributed by atoms with Gasteiger partial charge in [0, 0.05) is 26.3 Å². The summed E-state index contributed by atoms with van der Waals surface area (Å²) in [5, 5.41) is 3.26. The van der Waals surface area contributed by atoms with E-state index in [9.17, 15) is 0 Å². The van der Waals surface area contributed by atoms with E-state index >= 15 is 0 Å². The van der Waals surface area contributed by atoms with Crippen LogP contribution in [0.25, 0.3) is 11.3 Å². The summed E-state index contributed by atoms with van der Waals surface area (Å²) < 4.78 is 2.19. The SMILES string of the molecule is Brc1ccc(Cc2nc(-c3cccc(Br)c3)cs2)cc1. The van der Waals surface area contributed by atoms with Gasteiger partial charge < -0.3 is 0 Å². The molecule has 4 heteroatoms. The lowest BCUT2D eigenvalue weighted by atomic mass is 10.1. The predicted molar refractivity (Wildman–Crippen MR) is 92.2 cm³/mol. The molecule has 0 aliphatic carbocycles. The lowest BCUT2D eigenvalue weighted by molar-refractivity contribution is 1.14. The van der Waals surface area contributed by atoms with E-state index in [2.05, 4.69) is 73.6 Å². The second-order valence-electron chi connectivity index (χ2n) is 4.44. The van der Waals surface area contributed by atoms with Crippen molar-refractivity contribution in [2.75, 3.05) is 0 Å². The Morgan fingerprint density at radius 2 is 1.75 bits per heavy atom. The number of benzene rings is 2. The summed E-state index contributed by atoms with van der Waals surface area (Å²) in [6.07, 6.45) is 0.881. The Labute approximate surface area is 139 Å². The smallest absolute Gasteiger partial charge is 0.0976 e. The van der Waals surface area contributed by atoms with E-state index in [4.69, 9.17) is 4.98 Å². The number of hydrogen-bond acceptors (Lipinski definition) is 2. The molecule has 0 saturated carbocycles. The summed E-state index contributed by atoms with van der Waals surface area (Å²) in [6, 6.07) is 16.6. The largest absolute Gasteiger partial charge is 0.241 e. The Balaban J connectivity index is 1.82. The van der Waals surface area contributed by atoms with Crippen molar-refractivity contribution < 1.29 is 0 Å². The monoisotopic (exact) mass is 407 g/mol. The quantitative estimate of drug-likeness (QED) is 0.523. The van der Waals surface area contributed by atoms with Gasteiger partial charge in [-0.05, 0) is 29.8 Å². The van der Waals surface area contributed by atoms with Crippen molar-refractivity contribution in [2.24, 2.45) is 0 Å². The molecule has 1 nitrogen and oxygen atoms in total. The molecule has 1 heterocycles. The van der Waals surface area contributed by atoms with E-state index in [0.717, 1.165) is 31.6 Å². The molecule has 0 fully saturated rings. The van der Waals surface area contributed by atoms with Crippen LogP contribution in [-0.4, -0.2) is 4.98 Å². The molecule has 20 heavy (non-hydrogen) atoms. The van der Waals surface area contributed by atoms with Crippen LogP contribution in [0.1, 0.15) is 10.6 Å². The molecule has 0 spiro atoms. The zero-order chi connectivity index (χ0) is 13.9. The highest BCUT2D eigenvalue weighted by Gasteiger charge is 2.06. The van der Waals surface area contributed by atoms with Crippen LogP contribution < -0.4 is 0 Å². The minimum Gasteiger partial charge on any atom is -0.241 e. The Bertz CT molecular complexity index is 719. The van der Waals surface area contributed by atoms with Gasteiger partial charge in [0.2, 0.25) is 0 Å². The van der Waals surface area contributed by atoms with E-state index in [0.29, 0.717) is 0 Å². The highest BCUT2D eigenvalue weighted by molar-refractivity contribution is 9.10. The Morgan fingerprint density at radius 3 is 2.50 bits per heavy atom. The van der Waals surface area contributed by atoms with Crippen molar-refractivity contribution in [1.82, 2.24) is 4.98 Å². The van der Waals surface area contributed by atoms with E-state index in [1.807, 2.05) is 12.1 Å². The predicted octanol–water partition coefficient (Wildman–Crippen LogP) is 5.93. The minimum absolute atomic E-state index is 0.881. The van der Waals surface area contributed by atoms with Gasteiger partial charge >= 0.3 is 0 Å². The van der Waals surface area contributed by atoms with E-state index in [1.165, 1.54) is 5.56 Å². The molecule has 0 radical (unpaired) electrons. The fourth-order valence-corrected chi connectivity index (χ4v) is 3.45. The summed E-state index contributed by atoms with van der Waals surface area (Å²) >= 11 is 8.66. The van der Waals surface area contributed by atoms with Gasteiger partial charge in [-0.2, -0.15) is 0 Å². The fourth-order valence-electron chi connectivity index (χ4n) is 1.95. The molecule has 100 valence electrons. The lowest BCUT2D eigenvalue weighted by Gasteiger charge is -1.99. The lowest BCUT2D eigenvalue weighted by Crippen LogP contribution is -1.87. The zero-order valence-electron chi connectivity index (χ0n) is 10.5. The average Bonchev–Trinajstić information content (AvgIpc) is 2.90. The second kappa shape index (κ2) is 6.20. The van der Waals surface area contributed by atoms with Crippen LogP contribution >= 0.6 is 43.2 Å². The minimum atomic E-state index is 0.881. The first-order chi connectivity index (χ1) is 9.70. The van der Waals surface area contributed by atoms with Gasteiger partial charge in [0.25, 0.3) is 0 Å². The molecule has 0 N–H and O–H groups in total. The first-order valence-electron chi connectivity index (χ1n) is 6.15. The number of nitrogens with zero attached hydrogens (tertiary/aromatic N) is 1. The van der Waals surface area contributed by atoms with Gasteiger partial charge in [0.1, 0.15) is 0 Å². The molecule has 0 unspecified atom stereocenters. The molecule has 3 aromatic rings. The molecule has 1 aromatic heterocycles. The number of hydrogen-bond donors (Lipinski definition) is 0. The topological polar surface area (TPSA) is 12.9 Å². The molecule has 0 amide bonds. The van der Waals surface area contributed by atoms with Crippen LogP contribution in [0.2, 0.25) is 0 Å². The molecule has 0 atom stereocenters. The first-order valence-corrected chi connectivity index (χ1v) is 8.62. The van der Waals surface area contributed by atoms with Crippen LogP contribution in [0.4, 0.5) is 0 Å². The zero-order valence-corrected chi connectivity index (χ0v) is 14.5. The maximum atomic E-state index is 4.73. The standard InChI is InChI=1S/C16H11Br2NS/c17-13-6-4-11(5-7-13)8-16-19-15(10-20-16)12-2-1-3-14(18)9-12/h1-7,9-10H,8H2. The molecule has 0 saturated heterocycles. The van der Waals surface area contributed by atoms with Gasteiger partial charge in [-0.15, -0.1) is 11.3 Å². The van der Waals surface area contributed by atoms with Crippen molar-refractivity contribution in [3.8, 4) is 11.3 Å². The highest BCUT2D eigenvalue weighted by Crippen LogP contribution is 2.26. The molecule has 2 aromatic carbocycles. The number of aromatic nitrogens is 1. The van der Waals surface area contributed by atoms with E-state index < -0.39 is 0 Å². The third-order valence-corrected chi connectivity index (χ3v) is 4.81. The van der Waals surface area contributed by atoms with Crippen molar-refractivity contribution in [1.29, 1.82) is 0 Å². The van der Waals surface area contributed by atoms with E-state index in [-0.39, 0.29) is 0 Å². The van der Waals surface area contributed by atoms with Gasteiger partial charge in [0.15, 0.2) is 0 Å². The normalized spacial score (nSPS) is 10.7. The third-order valence-electron chi connectivity index (χ3n) is 2.94. The van der Waals surface area contributed by atoms with Crippen LogP contribution in [0.3, 0.4) is 0 Å². The van der Waals surface area contributed by atoms with Crippen molar-refractivity contribution >= 4 is 43.2 Å². The van der Waals surface area contributed by atoms with Crippen LogP contribution in [0.15, 0.2) is 62.9 Å². The van der Waals surface area contributed by atoms with Crippen molar-refractivity contribution in [3.63, 3.8) is 0 Å². The Kier molecular flexibility index (Phi) is 4.34. The highest BCUT2D eigenvalue weighted by atomic mass is 79.9. The van der Waals surface area contributed by atoms with Gasteiger partial charge in [-0.1, -0.05) is 56.1 Å². The fraction of sp³-hybridized carbons (Fsp3) is 0.0625. The molecule has 0 aliphatic rings. The molecule has 3 rings (SSSR count).